The van der Waals surface area contributed by atoms with Crippen molar-refractivity contribution in [2.45, 2.75) is 110 Å². The lowest BCUT2D eigenvalue weighted by atomic mass is 9.97. The number of nitrogens with two attached hydrogens (primary N) is 1. The number of carboxylic acids is 1. The summed E-state index contributed by atoms with van der Waals surface area (Å²) >= 11 is 0. The van der Waals surface area contributed by atoms with E-state index in [1.54, 1.807) is 52.8 Å². The van der Waals surface area contributed by atoms with Gasteiger partial charge in [-0.25, -0.2) is 27.5 Å². The molecule has 0 aliphatic heterocycles. The zero-order valence-electron chi connectivity index (χ0n) is 32.6. The fourth-order valence-electron chi connectivity index (χ4n) is 5.90. The first kappa shape index (κ1) is 42.6. The Labute approximate surface area is 321 Å². The Balaban J connectivity index is 0.000000260. The summed E-state index contributed by atoms with van der Waals surface area (Å²) in [7, 11) is -3.84. The van der Waals surface area contributed by atoms with Crippen LogP contribution < -0.4 is 15.8 Å². The average Bonchev–Trinajstić information content (AvgIpc) is 3.73. The van der Waals surface area contributed by atoms with Gasteiger partial charge in [0.25, 0.3) is 5.91 Å². The van der Waals surface area contributed by atoms with Gasteiger partial charge in [0.15, 0.2) is 11.3 Å². The van der Waals surface area contributed by atoms with E-state index >= 15 is 0 Å². The van der Waals surface area contributed by atoms with Gasteiger partial charge in [-0.1, -0.05) is 32.0 Å². The Bertz CT molecular complexity index is 2200. The van der Waals surface area contributed by atoms with Crippen molar-refractivity contribution >= 4 is 39.5 Å². The van der Waals surface area contributed by atoms with Gasteiger partial charge in [-0.2, -0.15) is 9.82 Å². The second-order valence-corrected chi connectivity index (χ2v) is 17.2. The van der Waals surface area contributed by atoms with Crippen LogP contribution in [-0.4, -0.2) is 69.2 Å². The molecule has 2 aromatic heterocycles. The lowest BCUT2D eigenvalue weighted by Crippen LogP contribution is -2.47. The molecule has 0 fully saturated rings. The number of aromatic carboxylic acids is 1. The van der Waals surface area contributed by atoms with Crippen molar-refractivity contribution in [3.63, 3.8) is 0 Å². The molecule has 0 saturated heterocycles. The minimum Gasteiger partial charge on any atom is -0.477 e. The number of ether oxygens (including phenoxy) is 2. The molecule has 2 heterocycles. The molecular weight excluding hydrogens is 729 g/mol. The van der Waals surface area contributed by atoms with Crippen LogP contribution in [-0.2, 0) is 37.3 Å². The van der Waals surface area contributed by atoms with Gasteiger partial charge in [-0.05, 0) is 108 Å². The van der Waals surface area contributed by atoms with E-state index in [1.807, 2.05) is 33.8 Å². The van der Waals surface area contributed by atoms with E-state index in [-0.39, 0.29) is 46.4 Å². The first-order chi connectivity index (χ1) is 25.5. The Hall–Kier alpha value is -5.19. The molecular formula is C39H50N6O9S. The number of carbonyl (C=O) groups is 4. The fraction of sp³-hybridized carbons (Fsp3) is 0.436. The van der Waals surface area contributed by atoms with Gasteiger partial charge in [-0.15, -0.1) is 0 Å². The molecule has 15 nitrogen and oxygen atoms in total. The standard InChI is InChI=1S/C23H24N4O5.C16H26N2O4S/c1-12-13-7-8-16(15(13)6-5-14(12)22(31)32-23(2,3)4)26-20(28)18-11-17(21(29)30)25-19-9-10-24-27(18)19;1-11(2)14(15(19)22-16(3,4)5)18-23(20,21)13-8-6-7-12(9-13)10-17/h5-6,9-11,16H,7-8H2,1-4H3,(H,26,28)(H,29,30);6-9,11,14,18H,10,17H2,1-5H3/t16-;14-/m01/s1. The van der Waals surface area contributed by atoms with Crippen LogP contribution in [0.5, 0.6) is 0 Å². The zero-order chi connectivity index (χ0) is 41.0. The molecule has 0 bridgehead atoms. The number of fused-ring (bicyclic) bond motifs is 2. The number of benzene rings is 2. The molecule has 5 N–H and O–H groups in total. The number of carbonyl (C=O) groups excluding carboxylic acids is 3. The molecule has 5 rings (SSSR count). The summed E-state index contributed by atoms with van der Waals surface area (Å²) in [5.74, 6) is -2.89. The number of nitrogens with zero attached hydrogens (tertiary/aromatic N) is 3. The number of nitrogens with one attached hydrogen (secondary N) is 2. The van der Waals surface area contributed by atoms with Gasteiger partial charge in [0.2, 0.25) is 10.0 Å². The third-order valence-electron chi connectivity index (χ3n) is 8.48. The molecule has 1 aliphatic rings. The van der Waals surface area contributed by atoms with Crippen molar-refractivity contribution in [3.8, 4) is 0 Å². The number of rotatable bonds is 10. The number of hydrogen-bond acceptors (Lipinski definition) is 11. The monoisotopic (exact) mass is 778 g/mol. The van der Waals surface area contributed by atoms with E-state index in [0.29, 0.717) is 24.0 Å². The number of sulfonamides is 1. The van der Waals surface area contributed by atoms with Gasteiger partial charge in [0, 0.05) is 18.7 Å². The predicted octanol–water partition coefficient (Wildman–Crippen LogP) is 4.90. The number of aromatic nitrogens is 3. The van der Waals surface area contributed by atoms with Crippen molar-refractivity contribution in [1.82, 2.24) is 24.6 Å². The minimum atomic E-state index is -3.84. The molecule has 4 aromatic rings. The zero-order valence-corrected chi connectivity index (χ0v) is 33.4. The molecule has 0 radical (unpaired) electrons. The summed E-state index contributed by atoms with van der Waals surface area (Å²) in [5, 5.41) is 16.4. The van der Waals surface area contributed by atoms with E-state index in [2.05, 4.69) is 20.1 Å². The van der Waals surface area contributed by atoms with Gasteiger partial charge in [-0.3, -0.25) is 9.59 Å². The Morgan fingerprint density at radius 2 is 1.67 bits per heavy atom. The average molecular weight is 779 g/mol. The van der Waals surface area contributed by atoms with Crippen molar-refractivity contribution in [1.29, 1.82) is 0 Å². The molecule has 0 unspecified atom stereocenters. The molecule has 2 aromatic carbocycles. The lowest BCUT2D eigenvalue weighted by Gasteiger charge is -2.26. The summed E-state index contributed by atoms with van der Waals surface area (Å²) in [6.07, 6.45) is 2.83. The smallest absolute Gasteiger partial charge is 0.354 e. The highest BCUT2D eigenvalue weighted by Crippen LogP contribution is 2.35. The highest BCUT2D eigenvalue weighted by Gasteiger charge is 2.33. The first-order valence-electron chi connectivity index (χ1n) is 17.8. The summed E-state index contributed by atoms with van der Waals surface area (Å²) < 4.78 is 39.6. The highest BCUT2D eigenvalue weighted by atomic mass is 32.2. The molecule has 296 valence electrons. The normalized spacial score (nSPS) is 14.8. The fourth-order valence-corrected chi connectivity index (χ4v) is 7.30. The van der Waals surface area contributed by atoms with Gasteiger partial charge >= 0.3 is 17.9 Å². The number of amides is 1. The molecule has 2 atom stereocenters. The van der Waals surface area contributed by atoms with Crippen LogP contribution in [0.25, 0.3) is 5.65 Å². The van der Waals surface area contributed by atoms with Gasteiger partial charge in [0.1, 0.15) is 22.9 Å². The van der Waals surface area contributed by atoms with Crippen LogP contribution in [0.3, 0.4) is 0 Å². The molecule has 55 heavy (non-hydrogen) atoms. The minimum absolute atomic E-state index is 0.0784. The highest BCUT2D eigenvalue weighted by molar-refractivity contribution is 7.89. The van der Waals surface area contributed by atoms with Crippen LogP contribution in [0.2, 0.25) is 0 Å². The van der Waals surface area contributed by atoms with Gasteiger partial charge in [0.05, 0.1) is 22.7 Å². The SMILES string of the molecule is CC(C)[C@@H](NS(=O)(=O)c1cccc(CN)c1)C(=O)OC(C)(C)C.Cc1c(C(=O)OC(C)(C)C)ccc2c1CC[C@@H]2NC(=O)c1cc(C(=O)O)nc2ccnn12. The molecule has 1 aliphatic carbocycles. The van der Waals surface area contributed by atoms with E-state index in [9.17, 15) is 32.7 Å². The quantitative estimate of drug-likeness (QED) is 0.158. The largest absolute Gasteiger partial charge is 0.477 e. The van der Waals surface area contributed by atoms with Crippen molar-refractivity contribution in [3.05, 3.63) is 93.9 Å². The van der Waals surface area contributed by atoms with Crippen LogP contribution in [0.4, 0.5) is 0 Å². The van der Waals surface area contributed by atoms with Crippen LogP contribution in [0, 0.1) is 12.8 Å². The summed E-state index contributed by atoms with van der Waals surface area (Å²) in [6, 6.07) is 11.4. The molecule has 0 spiro atoms. The third-order valence-corrected chi connectivity index (χ3v) is 9.92. The Morgan fingerprint density at radius 1 is 1.00 bits per heavy atom. The third kappa shape index (κ3) is 10.7. The van der Waals surface area contributed by atoms with Crippen molar-refractivity contribution in [2.24, 2.45) is 11.7 Å². The van der Waals surface area contributed by atoms with Crippen LogP contribution in [0.15, 0.2) is 59.6 Å². The Kier molecular flexibility index (Phi) is 12.9. The molecule has 1 amide bonds. The number of carboxylic acid groups (broad SMARTS) is 1. The van der Waals surface area contributed by atoms with Crippen molar-refractivity contribution < 1.29 is 42.2 Å². The van der Waals surface area contributed by atoms with Gasteiger partial charge < -0.3 is 25.6 Å². The summed E-state index contributed by atoms with van der Waals surface area (Å²) in [4.78, 5) is 53.3. The number of esters is 2. The second kappa shape index (κ2) is 16.7. The molecule has 0 saturated carbocycles. The Morgan fingerprint density at radius 3 is 2.27 bits per heavy atom. The maximum absolute atomic E-state index is 13.0. The van der Waals surface area contributed by atoms with Crippen LogP contribution in [0.1, 0.15) is 121 Å². The van der Waals surface area contributed by atoms with E-state index in [1.165, 1.54) is 35.0 Å². The first-order valence-corrected chi connectivity index (χ1v) is 19.3. The van der Waals surface area contributed by atoms with Crippen molar-refractivity contribution in [2.75, 3.05) is 0 Å². The van der Waals surface area contributed by atoms with E-state index < -0.39 is 45.1 Å². The van der Waals surface area contributed by atoms with Crippen LogP contribution >= 0.6 is 0 Å². The topological polar surface area (TPSA) is 221 Å². The number of hydrogen-bond donors (Lipinski definition) is 4. The molecule has 16 heteroatoms. The maximum Gasteiger partial charge on any atom is 0.354 e. The summed E-state index contributed by atoms with van der Waals surface area (Å²) in [6.45, 7) is 16.3. The second-order valence-electron chi connectivity index (χ2n) is 15.5. The summed E-state index contributed by atoms with van der Waals surface area (Å²) in [5.41, 5.74) is 8.43. The lowest BCUT2D eigenvalue weighted by molar-refractivity contribution is -0.158. The maximum atomic E-state index is 13.0. The van der Waals surface area contributed by atoms with E-state index in [4.69, 9.17) is 15.2 Å². The predicted molar refractivity (Wildman–Crippen MR) is 204 cm³/mol. The van der Waals surface area contributed by atoms with E-state index in [0.717, 1.165) is 16.7 Å².